The number of halogens is 1. The number of hydrogen-bond acceptors (Lipinski definition) is 5. The average Bonchev–Trinajstić information content (AvgIpc) is 2.92. The van der Waals surface area contributed by atoms with Crippen LogP contribution in [0.3, 0.4) is 0 Å². The van der Waals surface area contributed by atoms with E-state index in [1.165, 1.54) is 25.3 Å². The quantitative estimate of drug-likeness (QED) is 0.862. The fourth-order valence-electron chi connectivity index (χ4n) is 1.66. The summed E-state index contributed by atoms with van der Waals surface area (Å²) >= 11 is 0. The molecule has 0 fully saturated rings. The van der Waals surface area contributed by atoms with Crippen molar-refractivity contribution in [1.29, 1.82) is 0 Å². The van der Waals surface area contributed by atoms with Gasteiger partial charge in [-0.3, -0.25) is 0 Å². The number of rotatable bonds is 5. The highest BCUT2D eigenvalue weighted by atomic mass is 32.2. The molecule has 0 radical (unpaired) electrons. The Bertz CT molecular complexity index is 698. The Labute approximate surface area is 115 Å². The van der Waals surface area contributed by atoms with Gasteiger partial charge in [-0.25, -0.2) is 17.5 Å². The van der Waals surface area contributed by atoms with Crippen LogP contribution in [0, 0.1) is 12.7 Å². The summed E-state index contributed by atoms with van der Waals surface area (Å²) in [5.74, 6) is -0.608. The monoisotopic (exact) mass is 300 g/mol. The van der Waals surface area contributed by atoms with Crippen LogP contribution in [0.25, 0.3) is 0 Å². The molecule has 1 heterocycles. The predicted octanol–water partition coefficient (Wildman–Crippen LogP) is 1.09. The number of hydrogen-bond donors (Lipinski definition) is 2. The van der Waals surface area contributed by atoms with Gasteiger partial charge in [0.2, 0.25) is 10.0 Å². The first-order valence-electron chi connectivity index (χ1n) is 5.73. The molecule has 0 bridgehead atoms. The summed E-state index contributed by atoms with van der Waals surface area (Å²) in [6, 6.07) is 3.84. The van der Waals surface area contributed by atoms with Gasteiger partial charge in [-0.15, -0.1) is 0 Å². The highest BCUT2D eigenvalue weighted by molar-refractivity contribution is 7.89. The third kappa shape index (κ3) is 3.03. The fraction of sp³-hybridized carbons (Fsp3) is 0.250. The van der Waals surface area contributed by atoms with Crippen molar-refractivity contribution in [3.63, 3.8) is 0 Å². The number of aromatic nitrogens is 1. The summed E-state index contributed by atoms with van der Waals surface area (Å²) in [4.78, 5) is -0.107. The molecule has 6 nitrogen and oxygen atoms in total. The largest absolute Gasteiger partial charge is 0.392 e. The summed E-state index contributed by atoms with van der Waals surface area (Å²) in [6.45, 7) is 0.828. The molecule has 0 unspecified atom stereocenters. The zero-order chi connectivity index (χ0) is 14.8. The lowest BCUT2D eigenvalue weighted by Gasteiger charge is -2.09. The van der Waals surface area contributed by atoms with Crippen molar-refractivity contribution in [2.75, 3.05) is 0 Å². The Morgan fingerprint density at radius 2 is 2.20 bits per heavy atom. The van der Waals surface area contributed by atoms with E-state index in [2.05, 4.69) is 14.4 Å². The Morgan fingerprint density at radius 1 is 1.45 bits per heavy atom. The molecule has 2 N–H and O–H groups in total. The first kappa shape index (κ1) is 14.6. The lowest BCUT2D eigenvalue weighted by Crippen LogP contribution is -2.23. The number of nitrogens with one attached hydrogen (secondary N) is 1. The summed E-state index contributed by atoms with van der Waals surface area (Å²) in [7, 11) is -3.82. The van der Waals surface area contributed by atoms with Crippen LogP contribution in [0.15, 0.2) is 33.9 Å². The van der Waals surface area contributed by atoms with Crippen molar-refractivity contribution in [3.05, 3.63) is 47.1 Å². The van der Waals surface area contributed by atoms with Gasteiger partial charge in [-0.1, -0.05) is 5.16 Å². The summed E-state index contributed by atoms with van der Waals surface area (Å²) in [6.07, 6.45) is 1.33. The van der Waals surface area contributed by atoms with Crippen LogP contribution in [-0.2, 0) is 23.2 Å². The molecule has 8 heteroatoms. The van der Waals surface area contributed by atoms with E-state index in [-0.39, 0.29) is 22.6 Å². The molecule has 1 aromatic carbocycles. The third-order valence-electron chi connectivity index (χ3n) is 2.72. The molecule has 0 aliphatic rings. The minimum absolute atomic E-state index is 0.0380. The van der Waals surface area contributed by atoms with Crippen LogP contribution in [0.1, 0.15) is 16.8 Å². The lowest BCUT2D eigenvalue weighted by atomic mass is 10.1. The number of aliphatic hydroxyl groups is 1. The van der Waals surface area contributed by atoms with Crippen molar-refractivity contribution >= 4 is 10.0 Å². The maximum Gasteiger partial charge on any atom is 0.240 e. The molecule has 108 valence electrons. The van der Waals surface area contributed by atoms with Crippen molar-refractivity contribution in [2.45, 2.75) is 25.0 Å². The number of aliphatic hydroxyl groups excluding tert-OH is 1. The van der Waals surface area contributed by atoms with Crippen LogP contribution in [-0.4, -0.2) is 18.7 Å². The van der Waals surface area contributed by atoms with Gasteiger partial charge in [-0.05, 0) is 24.6 Å². The van der Waals surface area contributed by atoms with Crippen LogP contribution < -0.4 is 4.72 Å². The van der Waals surface area contributed by atoms with E-state index in [0.717, 1.165) is 6.07 Å². The molecule has 0 aliphatic carbocycles. The van der Waals surface area contributed by atoms with Gasteiger partial charge < -0.3 is 9.63 Å². The van der Waals surface area contributed by atoms with Gasteiger partial charge in [0.15, 0.2) is 0 Å². The first-order valence-corrected chi connectivity index (χ1v) is 7.21. The molecule has 0 atom stereocenters. The second-order valence-electron chi connectivity index (χ2n) is 4.19. The molecule has 0 saturated carbocycles. The van der Waals surface area contributed by atoms with E-state index >= 15 is 0 Å². The molecule has 0 amide bonds. The van der Waals surface area contributed by atoms with Crippen LogP contribution >= 0.6 is 0 Å². The van der Waals surface area contributed by atoms with Gasteiger partial charge >= 0.3 is 0 Å². The number of benzene rings is 1. The molecule has 0 spiro atoms. The van der Waals surface area contributed by atoms with Gasteiger partial charge in [0.25, 0.3) is 0 Å². The smallest absolute Gasteiger partial charge is 0.240 e. The lowest BCUT2D eigenvalue weighted by molar-refractivity contribution is 0.275. The average molecular weight is 300 g/mol. The Morgan fingerprint density at radius 3 is 2.80 bits per heavy atom. The molecule has 1 aromatic heterocycles. The van der Waals surface area contributed by atoms with E-state index in [1.807, 2.05) is 0 Å². The Kier molecular flexibility index (Phi) is 4.17. The van der Waals surface area contributed by atoms with Crippen LogP contribution in [0.4, 0.5) is 4.39 Å². The Hall–Kier alpha value is -1.77. The SMILES string of the molecule is Cc1cc(S(=O)(=O)NCc2ccon2)cc(CO)c1F. The molecular weight excluding hydrogens is 287 g/mol. The molecule has 20 heavy (non-hydrogen) atoms. The third-order valence-corrected chi connectivity index (χ3v) is 4.10. The summed E-state index contributed by atoms with van der Waals surface area (Å²) in [5, 5.41) is 12.6. The van der Waals surface area contributed by atoms with E-state index in [9.17, 15) is 12.8 Å². The zero-order valence-electron chi connectivity index (χ0n) is 10.6. The minimum atomic E-state index is -3.82. The maximum absolute atomic E-state index is 13.6. The second kappa shape index (κ2) is 5.70. The minimum Gasteiger partial charge on any atom is -0.392 e. The van der Waals surface area contributed by atoms with Crippen LogP contribution in [0.2, 0.25) is 0 Å². The standard InChI is InChI=1S/C12H13FN2O4S/c1-8-4-11(5-9(7-16)12(8)13)20(17,18)14-6-10-2-3-19-15-10/h2-5,14,16H,6-7H2,1H3. The molecule has 0 aliphatic heterocycles. The number of nitrogens with zero attached hydrogens (tertiary/aromatic N) is 1. The Balaban J connectivity index is 2.27. The van der Waals surface area contributed by atoms with Gasteiger partial charge in [0.05, 0.1) is 23.7 Å². The zero-order valence-corrected chi connectivity index (χ0v) is 11.4. The molecule has 2 rings (SSSR count). The molecule has 2 aromatic rings. The fourth-order valence-corrected chi connectivity index (χ4v) is 2.79. The summed E-state index contributed by atoms with van der Waals surface area (Å²) < 4.78 is 44.7. The van der Waals surface area contributed by atoms with Gasteiger partial charge in [-0.2, -0.15) is 0 Å². The van der Waals surface area contributed by atoms with Crippen molar-refractivity contribution in [1.82, 2.24) is 9.88 Å². The van der Waals surface area contributed by atoms with Crippen molar-refractivity contribution in [2.24, 2.45) is 0 Å². The maximum atomic E-state index is 13.6. The highest BCUT2D eigenvalue weighted by Gasteiger charge is 2.18. The van der Waals surface area contributed by atoms with Gasteiger partial charge in [0.1, 0.15) is 12.1 Å². The normalized spacial score (nSPS) is 11.8. The summed E-state index contributed by atoms with van der Waals surface area (Å²) in [5.41, 5.74) is 0.514. The highest BCUT2D eigenvalue weighted by Crippen LogP contribution is 2.19. The first-order chi connectivity index (χ1) is 9.44. The topological polar surface area (TPSA) is 92.4 Å². The molecular formula is C12H13FN2O4S. The van der Waals surface area contributed by atoms with Crippen LogP contribution in [0.5, 0.6) is 0 Å². The number of sulfonamides is 1. The van der Waals surface area contributed by atoms with E-state index in [0.29, 0.717) is 5.69 Å². The van der Waals surface area contributed by atoms with E-state index in [1.54, 1.807) is 0 Å². The van der Waals surface area contributed by atoms with Crippen molar-refractivity contribution < 1.29 is 22.4 Å². The van der Waals surface area contributed by atoms with Crippen molar-refractivity contribution in [3.8, 4) is 0 Å². The van der Waals surface area contributed by atoms with E-state index < -0.39 is 22.4 Å². The molecule has 0 saturated heterocycles. The number of aryl methyl sites for hydroxylation is 1. The second-order valence-corrected chi connectivity index (χ2v) is 5.95. The predicted molar refractivity (Wildman–Crippen MR) is 67.6 cm³/mol. The van der Waals surface area contributed by atoms with Gasteiger partial charge in [0, 0.05) is 11.6 Å². The van der Waals surface area contributed by atoms with E-state index in [4.69, 9.17) is 5.11 Å².